The van der Waals surface area contributed by atoms with Crippen LogP contribution in [0.3, 0.4) is 0 Å². The molecule has 0 aromatic heterocycles. The van der Waals surface area contributed by atoms with E-state index >= 15 is 0 Å². The van der Waals surface area contributed by atoms with Gasteiger partial charge in [0.2, 0.25) is 5.91 Å². The van der Waals surface area contributed by atoms with Crippen molar-refractivity contribution in [2.75, 3.05) is 46.4 Å². The van der Waals surface area contributed by atoms with Gasteiger partial charge >= 0.3 is 0 Å². The van der Waals surface area contributed by atoms with Crippen LogP contribution in [0.2, 0.25) is 0 Å². The van der Waals surface area contributed by atoms with Crippen molar-refractivity contribution in [3.05, 3.63) is 23.8 Å². The summed E-state index contributed by atoms with van der Waals surface area (Å²) >= 11 is 0. The SMILES string of the molecule is CCNC(=NCCCc1ccc(OC)c(OCC)c1)NCCC(=O)N(CC)CC. The Balaban J connectivity index is 2.49. The number of rotatable bonds is 13. The topological polar surface area (TPSA) is 75.2 Å². The molecular formula is C22H38N4O3. The van der Waals surface area contributed by atoms with Gasteiger partial charge < -0.3 is 25.0 Å². The fraction of sp³-hybridized carbons (Fsp3) is 0.636. The lowest BCUT2D eigenvalue weighted by Gasteiger charge is -2.19. The lowest BCUT2D eigenvalue weighted by molar-refractivity contribution is -0.130. The van der Waals surface area contributed by atoms with E-state index in [4.69, 9.17) is 9.47 Å². The van der Waals surface area contributed by atoms with Crippen LogP contribution in [-0.2, 0) is 11.2 Å². The average molecular weight is 407 g/mol. The number of carbonyl (C=O) groups excluding carboxylic acids is 1. The summed E-state index contributed by atoms with van der Waals surface area (Å²) < 4.78 is 11.0. The van der Waals surface area contributed by atoms with Crippen LogP contribution in [0, 0.1) is 0 Å². The lowest BCUT2D eigenvalue weighted by Crippen LogP contribution is -2.40. The van der Waals surface area contributed by atoms with Crippen molar-refractivity contribution >= 4 is 11.9 Å². The van der Waals surface area contributed by atoms with E-state index in [1.165, 1.54) is 5.56 Å². The van der Waals surface area contributed by atoms with Gasteiger partial charge in [-0.2, -0.15) is 0 Å². The molecule has 0 saturated heterocycles. The van der Waals surface area contributed by atoms with E-state index in [1.54, 1.807) is 7.11 Å². The number of hydrogen-bond acceptors (Lipinski definition) is 4. The molecule has 2 N–H and O–H groups in total. The molecule has 0 atom stereocenters. The van der Waals surface area contributed by atoms with Crippen LogP contribution >= 0.6 is 0 Å². The second-order valence-electron chi connectivity index (χ2n) is 6.53. The normalized spacial score (nSPS) is 11.1. The first-order chi connectivity index (χ1) is 14.1. The van der Waals surface area contributed by atoms with Gasteiger partial charge in [0.25, 0.3) is 0 Å². The first kappa shape index (κ1) is 24.6. The standard InChI is InChI=1S/C22H38N4O3/c1-6-23-22(25-16-14-21(27)26(7-2)8-3)24-15-10-11-18-12-13-19(28-5)20(17-18)29-9-4/h12-13,17H,6-11,14-16H2,1-5H3,(H2,23,24,25). The molecular weight excluding hydrogens is 368 g/mol. The van der Waals surface area contributed by atoms with Crippen LogP contribution < -0.4 is 20.1 Å². The quantitative estimate of drug-likeness (QED) is 0.299. The third-order valence-corrected chi connectivity index (χ3v) is 4.51. The highest BCUT2D eigenvalue weighted by molar-refractivity contribution is 5.81. The Hall–Kier alpha value is -2.44. The molecule has 0 heterocycles. The van der Waals surface area contributed by atoms with Gasteiger partial charge in [0.15, 0.2) is 17.5 Å². The Morgan fingerprint density at radius 3 is 2.48 bits per heavy atom. The van der Waals surface area contributed by atoms with E-state index in [2.05, 4.69) is 21.7 Å². The smallest absolute Gasteiger partial charge is 0.224 e. The Labute approximate surface area is 175 Å². The van der Waals surface area contributed by atoms with E-state index in [-0.39, 0.29) is 5.91 Å². The largest absolute Gasteiger partial charge is 0.493 e. The lowest BCUT2D eigenvalue weighted by atomic mass is 10.1. The van der Waals surface area contributed by atoms with Gasteiger partial charge in [-0.25, -0.2) is 0 Å². The van der Waals surface area contributed by atoms with E-state index in [9.17, 15) is 4.79 Å². The molecule has 1 rings (SSSR count). The van der Waals surface area contributed by atoms with E-state index in [1.807, 2.05) is 44.7 Å². The molecule has 7 heteroatoms. The monoisotopic (exact) mass is 406 g/mol. The summed E-state index contributed by atoms with van der Waals surface area (Å²) in [6.07, 6.45) is 2.30. The highest BCUT2D eigenvalue weighted by atomic mass is 16.5. The summed E-state index contributed by atoms with van der Waals surface area (Å²) in [5, 5.41) is 6.48. The molecule has 0 aliphatic heterocycles. The number of carbonyl (C=O) groups is 1. The van der Waals surface area contributed by atoms with Crippen molar-refractivity contribution < 1.29 is 14.3 Å². The number of nitrogens with zero attached hydrogens (tertiary/aromatic N) is 2. The van der Waals surface area contributed by atoms with Crippen molar-refractivity contribution in [3.63, 3.8) is 0 Å². The fourth-order valence-corrected chi connectivity index (χ4v) is 2.98. The molecule has 1 amide bonds. The average Bonchev–Trinajstić information content (AvgIpc) is 2.72. The van der Waals surface area contributed by atoms with Crippen LogP contribution in [0.15, 0.2) is 23.2 Å². The maximum Gasteiger partial charge on any atom is 0.224 e. The maximum atomic E-state index is 12.1. The van der Waals surface area contributed by atoms with Gasteiger partial charge in [-0.3, -0.25) is 9.79 Å². The van der Waals surface area contributed by atoms with Gasteiger partial charge in [0.05, 0.1) is 13.7 Å². The number of ether oxygens (including phenoxy) is 2. The predicted molar refractivity (Wildman–Crippen MR) is 119 cm³/mol. The van der Waals surface area contributed by atoms with Gasteiger partial charge in [-0.05, 0) is 58.2 Å². The van der Waals surface area contributed by atoms with Gasteiger partial charge in [0.1, 0.15) is 0 Å². The van der Waals surface area contributed by atoms with E-state index in [0.29, 0.717) is 26.1 Å². The van der Waals surface area contributed by atoms with Gasteiger partial charge in [-0.1, -0.05) is 6.07 Å². The molecule has 0 aliphatic rings. The molecule has 7 nitrogen and oxygen atoms in total. The second-order valence-corrected chi connectivity index (χ2v) is 6.53. The molecule has 1 aromatic carbocycles. The number of aryl methyl sites for hydroxylation is 1. The Kier molecular flexibility index (Phi) is 12.3. The second kappa shape index (κ2) is 14.5. The third-order valence-electron chi connectivity index (χ3n) is 4.51. The molecule has 0 spiro atoms. The van der Waals surface area contributed by atoms with Crippen LogP contribution in [0.1, 0.15) is 46.1 Å². The molecule has 0 aliphatic carbocycles. The van der Waals surface area contributed by atoms with E-state index in [0.717, 1.165) is 49.9 Å². The number of guanidine groups is 1. The number of nitrogens with one attached hydrogen (secondary N) is 2. The van der Waals surface area contributed by atoms with Crippen molar-refractivity contribution in [3.8, 4) is 11.5 Å². The minimum atomic E-state index is 0.169. The van der Waals surface area contributed by atoms with Crippen LogP contribution in [0.4, 0.5) is 0 Å². The molecule has 0 bridgehead atoms. The highest BCUT2D eigenvalue weighted by Gasteiger charge is 2.09. The van der Waals surface area contributed by atoms with Gasteiger partial charge in [0, 0.05) is 39.1 Å². The first-order valence-corrected chi connectivity index (χ1v) is 10.7. The molecule has 0 saturated carbocycles. The summed E-state index contributed by atoms with van der Waals surface area (Å²) in [7, 11) is 1.65. The minimum absolute atomic E-state index is 0.169. The first-order valence-electron chi connectivity index (χ1n) is 10.7. The zero-order valence-electron chi connectivity index (χ0n) is 18.7. The highest BCUT2D eigenvalue weighted by Crippen LogP contribution is 2.28. The predicted octanol–water partition coefficient (Wildman–Crippen LogP) is 2.84. The zero-order chi connectivity index (χ0) is 21.5. The molecule has 29 heavy (non-hydrogen) atoms. The molecule has 0 fully saturated rings. The van der Waals surface area contributed by atoms with Crippen molar-refractivity contribution in [1.82, 2.24) is 15.5 Å². The Morgan fingerprint density at radius 2 is 1.86 bits per heavy atom. The molecule has 0 unspecified atom stereocenters. The fourth-order valence-electron chi connectivity index (χ4n) is 2.98. The van der Waals surface area contributed by atoms with Crippen LogP contribution in [0.5, 0.6) is 11.5 Å². The summed E-state index contributed by atoms with van der Waals surface area (Å²) in [6.45, 7) is 12.2. The van der Waals surface area contributed by atoms with Crippen LogP contribution in [0.25, 0.3) is 0 Å². The molecule has 0 radical (unpaired) electrons. The van der Waals surface area contributed by atoms with Crippen molar-refractivity contribution in [1.29, 1.82) is 0 Å². The number of benzene rings is 1. The number of aliphatic imine (C=N–C) groups is 1. The number of hydrogen-bond donors (Lipinski definition) is 2. The Bertz CT molecular complexity index is 630. The maximum absolute atomic E-state index is 12.1. The third kappa shape index (κ3) is 9.07. The van der Waals surface area contributed by atoms with Crippen molar-refractivity contribution in [2.45, 2.75) is 47.0 Å². The molecule has 164 valence electrons. The minimum Gasteiger partial charge on any atom is -0.493 e. The summed E-state index contributed by atoms with van der Waals surface area (Å²) in [5.74, 6) is 2.46. The summed E-state index contributed by atoms with van der Waals surface area (Å²) in [5.41, 5.74) is 1.20. The van der Waals surface area contributed by atoms with Gasteiger partial charge in [-0.15, -0.1) is 0 Å². The van der Waals surface area contributed by atoms with Crippen molar-refractivity contribution in [2.24, 2.45) is 4.99 Å². The number of amides is 1. The molecule has 1 aromatic rings. The van der Waals surface area contributed by atoms with Crippen LogP contribution in [-0.4, -0.2) is 63.2 Å². The van der Waals surface area contributed by atoms with E-state index < -0.39 is 0 Å². The summed E-state index contributed by atoms with van der Waals surface area (Å²) in [4.78, 5) is 18.5. The summed E-state index contributed by atoms with van der Waals surface area (Å²) in [6, 6.07) is 6.05. The Morgan fingerprint density at radius 1 is 1.10 bits per heavy atom. The zero-order valence-corrected chi connectivity index (χ0v) is 18.7. The number of methoxy groups -OCH3 is 1.